The molecule has 0 spiro atoms. The number of carbonyl (C=O) groups is 1. The predicted octanol–water partition coefficient (Wildman–Crippen LogP) is 3.12. The monoisotopic (exact) mass is 300 g/mol. The Kier molecular flexibility index (Phi) is 3.49. The Labute approximate surface area is 124 Å². The zero-order valence-electron chi connectivity index (χ0n) is 11.1. The molecule has 0 saturated carbocycles. The van der Waals surface area contributed by atoms with E-state index in [-0.39, 0.29) is 5.69 Å². The minimum Gasteiger partial charge on any atom is -0.476 e. The number of hydrogen-bond acceptors (Lipinski definition) is 5. The third-order valence-corrected chi connectivity index (χ3v) is 3.55. The predicted molar refractivity (Wildman–Crippen MR) is 82.4 cm³/mol. The molecular formula is C14H12N4O2S. The summed E-state index contributed by atoms with van der Waals surface area (Å²) in [6, 6.07) is 7.67. The van der Waals surface area contributed by atoms with Crippen molar-refractivity contribution < 1.29 is 9.90 Å². The number of H-pyrrole nitrogens is 1. The number of rotatable bonds is 4. The molecule has 0 atom stereocenters. The summed E-state index contributed by atoms with van der Waals surface area (Å²) in [7, 11) is 0. The fourth-order valence-corrected chi connectivity index (χ4v) is 2.35. The lowest BCUT2D eigenvalue weighted by atomic mass is 10.2. The molecule has 0 saturated heterocycles. The van der Waals surface area contributed by atoms with Crippen LogP contribution in [0.2, 0.25) is 0 Å². The Balaban J connectivity index is 1.98. The number of aromatic amines is 1. The van der Waals surface area contributed by atoms with E-state index in [1.165, 1.54) is 18.0 Å². The third kappa shape index (κ3) is 2.68. The Morgan fingerprint density at radius 2 is 2.24 bits per heavy atom. The van der Waals surface area contributed by atoms with Crippen LogP contribution in [0, 0.1) is 0 Å². The van der Waals surface area contributed by atoms with Crippen LogP contribution in [-0.2, 0) is 0 Å². The van der Waals surface area contributed by atoms with Crippen LogP contribution in [0.5, 0.6) is 0 Å². The van der Waals surface area contributed by atoms with E-state index in [0.29, 0.717) is 10.8 Å². The summed E-state index contributed by atoms with van der Waals surface area (Å²) in [5.41, 5.74) is 2.14. The van der Waals surface area contributed by atoms with Crippen LogP contribution < -0.4 is 5.32 Å². The highest BCUT2D eigenvalue weighted by Crippen LogP contribution is 2.24. The number of nitrogens with zero attached hydrogens (tertiary/aromatic N) is 2. The van der Waals surface area contributed by atoms with Gasteiger partial charge in [-0.15, -0.1) is 0 Å². The van der Waals surface area contributed by atoms with Crippen molar-refractivity contribution in [1.29, 1.82) is 0 Å². The molecule has 1 aromatic carbocycles. The standard InChI is InChI=1S/C14H12N4O2S/c1-21-14-16-7-11(12(18-14)13(19)20)17-9-2-3-10-8(6-9)4-5-15-10/h2-7,15,17H,1H3,(H,19,20). The van der Waals surface area contributed by atoms with E-state index in [9.17, 15) is 9.90 Å². The second-order valence-electron chi connectivity index (χ2n) is 4.33. The molecule has 0 fully saturated rings. The maximum absolute atomic E-state index is 11.3. The lowest BCUT2D eigenvalue weighted by Gasteiger charge is -2.09. The van der Waals surface area contributed by atoms with Crippen molar-refractivity contribution in [3.8, 4) is 0 Å². The van der Waals surface area contributed by atoms with Crippen LogP contribution >= 0.6 is 11.8 Å². The molecular weight excluding hydrogens is 288 g/mol. The smallest absolute Gasteiger partial charge is 0.356 e. The Hall–Kier alpha value is -2.54. The van der Waals surface area contributed by atoms with Crippen molar-refractivity contribution in [3.05, 3.63) is 42.4 Å². The zero-order valence-corrected chi connectivity index (χ0v) is 11.9. The van der Waals surface area contributed by atoms with Gasteiger partial charge in [-0.05, 0) is 30.5 Å². The molecule has 2 heterocycles. The lowest BCUT2D eigenvalue weighted by molar-refractivity contribution is 0.0690. The first-order valence-electron chi connectivity index (χ1n) is 6.16. The molecule has 0 aliphatic heterocycles. The molecule has 21 heavy (non-hydrogen) atoms. The quantitative estimate of drug-likeness (QED) is 0.506. The van der Waals surface area contributed by atoms with Crippen LogP contribution in [0.25, 0.3) is 10.9 Å². The third-order valence-electron chi connectivity index (χ3n) is 2.98. The van der Waals surface area contributed by atoms with Crippen molar-refractivity contribution in [3.63, 3.8) is 0 Å². The summed E-state index contributed by atoms with van der Waals surface area (Å²) < 4.78 is 0. The van der Waals surface area contributed by atoms with Crippen LogP contribution in [0.3, 0.4) is 0 Å². The van der Waals surface area contributed by atoms with E-state index < -0.39 is 5.97 Å². The molecule has 106 valence electrons. The molecule has 0 aliphatic carbocycles. The van der Waals surface area contributed by atoms with E-state index in [1.807, 2.05) is 30.5 Å². The molecule has 2 aromatic heterocycles. The second-order valence-corrected chi connectivity index (χ2v) is 5.10. The van der Waals surface area contributed by atoms with Gasteiger partial charge >= 0.3 is 5.97 Å². The SMILES string of the molecule is CSc1ncc(Nc2ccc3[nH]ccc3c2)c(C(=O)O)n1. The van der Waals surface area contributed by atoms with Crippen LogP contribution in [0.1, 0.15) is 10.5 Å². The highest BCUT2D eigenvalue weighted by molar-refractivity contribution is 7.98. The van der Waals surface area contributed by atoms with Crippen LogP contribution in [0.15, 0.2) is 41.8 Å². The number of benzene rings is 1. The number of anilines is 2. The van der Waals surface area contributed by atoms with Gasteiger partial charge in [0.2, 0.25) is 0 Å². The van der Waals surface area contributed by atoms with Gasteiger partial charge in [0.25, 0.3) is 0 Å². The van der Waals surface area contributed by atoms with E-state index in [1.54, 1.807) is 6.26 Å². The van der Waals surface area contributed by atoms with Gasteiger partial charge < -0.3 is 15.4 Å². The molecule has 6 nitrogen and oxygen atoms in total. The number of fused-ring (bicyclic) bond motifs is 1. The minimum absolute atomic E-state index is 0.0384. The molecule has 0 radical (unpaired) electrons. The average Bonchev–Trinajstić information content (AvgIpc) is 2.95. The fourth-order valence-electron chi connectivity index (χ4n) is 2.01. The van der Waals surface area contributed by atoms with Gasteiger partial charge in [-0.25, -0.2) is 14.8 Å². The van der Waals surface area contributed by atoms with E-state index >= 15 is 0 Å². The van der Waals surface area contributed by atoms with E-state index in [4.69, 9.17) is 0 Å². The summed E-state index contributed by atoms with van der Waals surface area (Å²) >= 11 is 1.30. The summed E-state index contributed by atoms with van der Waals surface area (Å²) in [5.74, 6) is -1.09. The number of thioether (sulfide) groups is 1. The largest absolute Gasteiger partial charge is 0.476 e. The first-order chi connectivity index (χ1) is 10.2. The maximum Gasteiger partial charge on any atom is 0.356 e. The number of carboxylic acid groups (broad SMARTS) is 1. The van der Waals surface area contributed by atoms with E-state index in [0.717, 1.165) is 16.6 Å². The van der Waals surface area contributed by atoms with Gasteiger partial charge in [0.05, 0.1) is 11.9 Å². The first kappa shape index (κ1) is 13.4. The average molecular weight is 300 g/mol. The molecule has 3 N–H and O–H groups in total. The number of hydrogen-bond donors (Lipinski definition) is 3. The molecule has 0 aliphatic rings. The van der Waals surface area contributed by atoms with Gasteiger partial charge in [-0.2, -0.15) is 0 Å². The number of aromatic nitrogens is 3. The molecule has 0 amide bonds. The van der Waals surface area contributed by atoms with Gasteiger partial charge in [-0.1, -0.05) is 11.8 Å². The number of aromatic carboxylic acids is 1. The summed E-state index contributed by atoms with van der Waals surface area (Å²) in [6.45, 7) is 0. The molecule has 0 unspecified atom stereocenters. The van der Waals surface area contributed by atoms with Crippen LogP contribution in [-0.4, -0.2) is 32.3 Å². The van der Waals surface area contributed by atoms with Gasteiger partial charge in [0, 0.05) is 22.8 Å². The van der Waals surface area contributed by atoms with Gasteiger partial charge in [0.1, 0.15) is 0 Å². The first-order valence-corrected chi connectivity index (χ1v) is 7.38. The van der Waals surface area contributed by atoms with Crippen molar-refractivity contribution >= 4 is 40.0 Å². The lowest BCUT2D eigenvalue weighted by Crippen LogP contribution is -2.07. The number of nitrogens with one attached hydrogen (secondary N) is 2. The topological polar surface area (TPSA) is 90.9 Å². The van der Waals surface area contributed by atoms with Crippen molar-refractivity contribution in [2.24, 2.45) is 0 Å². The molecule has 3 aromatic rings. The zero-order chi connectivity index (χ0) is 14.8. The van der Waals surface area contributed by atoms with Gasteiger partial charge in [-0.3, -0.25) is 0 Å². The molecule has 3 rings (SSSR count). The summed E-state index contributed by atoms with van der Waals surface area (Å²) in [6.07, 6.45) is 5.14. The highest BCUT2D eigenvalue weighted by Gasteiger charge is 2.14. The Morgan fingerprint density at radius 3 is 3.00 bits per heavy atom. The minimum atomic E-state index is -1.09. The van der Waals surface area contributed by atoms with Gasteiger partial charge in [0.15, 0.2) is 10.9 Å². The molecule has 7 heteroatoms. The van der Waals surface area contributed by atoms with Crippen molar-refractivity contribution in [1.82, 2.24) is 15.0 Å². The van der Waals surface area contributed by atoms with E-state index in [2.05, 4.69) is 20.3 Å². The normalized spacial score (nSPS) is 10.7. The maximum atomic E-state index is 11.3. The Morgan fingerprint density at radius 1 is 1.38 bits per heavy atom. The van der Waals surface area contributed by atoms with Crippen molar-refractivity contribution in [2.45, 2.75) is 5.16 Å². The summed E-state index contributed by atoms with van der Waals surface area (Å²) in [4.78, 5) is 22.5. The Bertz CT molecular complexity index is 816. The summed E-state index contributed by atoms with van der Waals surface area (Å²) in [5, 5.41) is 13.8. The van der Waals surface area contributed by atoms with Crippen molar-refractivity contribution in [2.75, 3.05) is 11.6 Å². The fraction of sp³-hybridized carbons (Fsp3) is 0.0714. The molecule has 0 bridgehead atoms. The highest BCUT2D eigenvalue weighted by atomic mass is 32.2. The number of carboxylic acids is 1. The van der Waals surface area contributed by atoms with Crippen LogP contribution in [0.4, 0.5) is 11.4 Å². The second kappa shape index (κ2) is 5.45.